The molecule has 2 aliphatic rings. The van der Waals surface area contributed by atoms with Crippen molar-refractivity contribution in [2.45, 2.75) is 7.43 Å². The molecule has 8 rings (SSSR count). The summed E-state index contributed by atoms with van der Waals surface area (Å²) in [5.41, 5.74) is 2.26. The summed E-state index contributed by atoms with van der Waals surface area (Å²) < 4.78 is 73.5. The number of hydrogen-bond donors (Lipinski definition) is 5. The molecule has 4 aromatic heterocycles. The number of nitrogens with one attached hydrogen (secondary N) is 2. The van der Waals surface area contributed by atoms with Gasteiger partial charge in [-0.3, -0.25) is 0 Å². The Morgan fingerprint density at radius 1 is 0.736 bits per heavy atom. The molecule has 18 heteroatoms. The molecule has 0 saturated carbocycles. The predicted octanol–water partition coefficient (Wildman–Crippen LogP) is 5.49. The van der Waals surface area contributed by atoms with Crippen molar-refractivity contribution in [2.75, 3.05) is 39.4 Å². The van der Waals surface area contributed by atoms with E-state index in [9.17, 15) is 22.7 Å². The molecule has 2 saturated heterocycles. The molecule has 6 aromatic rings. The zero-order valence-corrected chi connectivity index (χ0v) is 28.7. The fourth-order valence-corrected chi connectivity index (χ4v) is 5.55. The summed E-state index contributed by atoms with van der Waals surface area (Å²) in [6, 6.07) is 8.02. The zero-order chi connectivity index (χ0) is 36.8. The second-order valence-electron chi connectivity index (χ2n) is 11.9. The fourth-order valence-electron chi connectivity index (χ4n) is 5.13. The lowest BCUT2D eigenvalue weighted by atomic mass is 10.0. The molecule has 53 heavy (non-hydrogen) atoms. The molecular formula is C35H35BBrF4N6O6. The second kappa shape index (κ2) is 17.7. The van der Waals surface area contributed by atoms with E-state index in [0.29, 0.717) is 29.8 Å². The first-order valence-electron chi connectivity index (χ1n) is 15.8. The average molecular weight is 802 g/mol. The lowest BCUT2D eigenvalue weighted by Crippen LogP contribution is -2.45. The van der Waals surface area contributed by atoms with E-state index in [1.54, 1.807) is 35.5 Å². The molecule has 2 aliphatic heterocycles. The molecule has 12 nitrogen and oxygen atoms in total. The van der Waals surface area contributed by atoms with Gasteiger partial charge in [0.05, 0.1) is 38.3 Å². The van der Waals surface area contributed by atoms with Crippen molar-refractivity contribution in [1.29, 1.82) is 0 Å². The van der Waals surface area contributed by atoms with E-state index in [0.717, 1.165) is 72.2 Å². The van der Waals surface area contributed by atoms with E-state index < -0.39 is 40.5 Å². The minimum absolute atomic E-state index is 0. The van der Waals surface area contributed by atoms with E-state index in [4.69, 9.17) is 19.6 Å². The van der Waals surface area contributed by atoms with Gasteiger partial charge in [-0.2, -0.15) is 13.2 Å². The summed E-state index contributed by atoms with van der Waals surface area (Å²) in [6.07, 6.45) is 10.4. The second-order valence-corrected chi connectivity index (χ2v) is 12.8. The van der Waals surface area contributed by atoms with Gasteiger partial charge in [0.25, 0.3) is 0 Å². The molecule has 2 aromatic carbocycles. The van der Waals surface area contributed by atoms with E-state index in [1.165, 1.54) is 6.07 Å². The Balaban J connectivity index is 0.000000162. The van der Waals surface area contributed by atoms with Gasteiger partial charge < -0.3 is 48.8 Å². The number of benzene rings is 2. The molecule has 279 valence electrons. The van der Waals surface area contributed by atoms with Crippen LogP contribution in [0.3, 0.4) is 0 Å². The van der Waals surface area contributed by atoms with Gasteiger partial charge in [-0.1, -0.05) is 7.43 Å². The zero-order valence-electron chi connectivity index (χ0n) is 27.1. The van der Waals surface area contributed by atoms with Crippen molar-refractivity contribution in [3.8, 4) is 39.9 Å². The molecule has 6 heterocycles. The third-order valence-electron chi connectivity index (χ3n) is 8.19. The maximum absolute atomic E-state index is 14.2. The van der Waals surface area contributed by atoms with Crippen LogP contribution in [0.4, 0.5) is 17.6 Å². The number of rotatable bonds is 9. The van der Waals surface area contributed by atoms with Crippen molar-refractivity contribution in [3.63, 3.8) is 0 Å². The molecular weight excluding hydrogens is 767 g/mol. The summed E-state index contributed by atoms with van der Waals surface area (Å²) >= 11 is 3.47. The normalized spacial score (nSPS) is 13.8. The molecule has 0 amide bonds. The lowest BCUT2D eigenvalue weighted by molar-refractivity contribution is 0.200. The summed E-state index contributed by atoms with van der Waals surface area (Å²) in [6.45, 7) is 5.25. The Labute approximate surface area is 310 Å². The first-order chi connectivity index (χ1) is 25.1. The van der Waals surface area contributed by atoms with Crippen LogP contribution in [0.5, 0.6) is 28.7 Å². The fraction of sp³-hybridized carbons (Fsp3) is 0.257. The first kappa shape index (κ1) is 39.2. The number of halogens is 5. The molecule has 2 fully saturated rings. The molecule has 0 spiro atoms. The van der Waals surface area contributed by atoms with Crippen LogP contribution in [0.2, 0.25) is 0 Å². The lowest BCUT2D eigenvalue weighted by Gasteiger charge is -2.27. The molecule has 0 bridgehead atoms. The third kappa shape index (κ3) is 9.13. The predicted molar refractivity (Wildman–Crippen MR) is 192 cm³/mol. The number of aromatic nitrogens is 4. The van der Waals surface area contributed by atoms with Gasteiger partial charge in [-0.15, -0.1) is 0 Å². The van der Waals surface area contributed by atoms with Crippen LogP contribution in [0.15, 0.2) is 78.3 Å². The van der Waals surface area contributed by atoms with Crippen LogP contribution in [0, 0.1) is 35.1 Å². The van der Waals surface area contributed by atoms with Crippen molar-refractivity contribution in [2.24, 2.45) is 11.8 Å². The van der Waals surface area contributed by atoms with Crippen molar-refractivity contribution in [3.05, 3.63) is 102 Å². The number of phenols is 2. The summed E-state index contributed by atoms with van der Waals surface area (Å²) in [5, 5.41) is 32.4. The van der Waals surface area contributed by atoms with E-state index in [-0.39, 0.29) is 20.7 Å². The van der Waals surface area contributed by atoms with Crippen molar-refractivity contribution in [1.82, 2.24) is 29.4 Å². The van der Waals surface area contributed by atoms with Gasteiger partial charge in [0, 0.05) is 66.0 Å². The highest BCUT2D eigenvalue weighted by atomic mass is 79.9. The largest absolute Gasteiger partial charge is 0.569 e. The third-order valence-corrected chi connectivity index (χ3v) is 8.63. The van der Waals surface area contributed by atoms with Crippen LogP contribution in [-0.2, 0) is 0 Å². The number of nitrogens with zero attached hydrogens (tertiary/aromatic N) is 4. The average Bonchev–Trinajstić information content (AvgIpc) is 3.77. The van der Waals surface area contributed by atoms with Gasteiger partial charge in [0.1, 0.15) is 28.3 Å². The monoisotopic (exact) mass is 801 g/mol. The smallest absolute Gasteiger partial charge is 0.535 e. The minimum atomic E-state index is -1.41. The molecule has 5 N–H and O–H groups in total. The van der Waals surface area contributed by atoms with Gasteiger partial charge in [0.2, 0.25) is 17.5 Å². The van der Waals surface area contributed by atoms with E-state index >= 15 is 0 Å². The quantitative estimate of drug-likeness (QED) is 0.0940. The molecule has 1 radical (unpaired) electrons. The summed E-state index contributed by atoms with van der Waals surface area (Å²) in [7, 11) is 0.217. The molecule has 0 atom stereocenters. The number of fused-ring (bicyclic) bond motifs is 2. The van der Waals surface area contributed by atoms with Crippen LogP contribution in [-0.4, -0.2) is 81.1 Å². The topological polar surface area (TPSA) is 147 Å². The van der Waals surface area contributed by atoms with Gasteiger partial charge in [-0.25, -0.2) is 14.4 Å². The van der Waals surface area contributed by atoms with Gasteiger partial charge >= 0.3 is 7.69 Å². The molecule has 0 aliphatic carbocycles. The number of ether oxygens (including phenoxy) is 2. The van der Waals surface area contributed by atoms with Gasteiger partial charge in [-0.05, 0) is 52.3 Å². The maximum Gasteiger partial charge on any atom is 0.569 e. The number of pyridine rings is 2. The standard InChI is InChI=1S/C17H15F2N3O2.C11H12BrN3O.C6H4BF2O3.CH4/c18-16-12(1-2-14(23)17(16)19)11-3-15(24-8-10-4-20-5-10)13-6-21-9-22(13)7-11;12-9-1-11(16-6-8-2-13-3-8)10-4-14-7-15(10)5-9;8-5-3(10)1-2-4(6(5)9)12-7-11;/h1-3,6-7,9-10,20,23H,4-5,8H2;1,4-5,7-8,13H,2-3,6H2;1-2,10-11H;1H4. The Hall–Kier alpha value is -5.04. The first-order valence-corrected chi connectivity index (χ1v) is 16.6. The summed E-state index contributed by atoms with van der Waals surface area (Å²) in [4.78, 5) is 8.19. The number of hydrogen-bond acceptors (Lipinski definition) is 10. The highest BCUT2D eigenvalue weighted by Crippen LogP contribution is 2.33. The highest BCUT2D eigenvalue weighted by molar-refractivity contribution is 9.10. The van der Waals surface area contributed by atoms with Crippen molar-refractivity contribution < 1.29 is 46.9 Å². The van der Waals surface area contributed by atoms with E-state index in [1.807, 2.05) is 22.9 Å². The Bertz CT molecular complexity index is 2170. The number of imidazole rings is 2. The van der Waals surface area contributed by atoms with Crippen LogP contribution in [0.25, 0.3) is 22.2 Å². The van der Waals surface area contributed by atoms with Crippen LogP contribution >= 0.6 is 15.9 Å². The van der Waals surface area contributed by atoms with Crippen LogP contribution in [0.1, 0.15) is 7.43 Å². The van der Waals surface area contributed by atoms with E-state index in [2.05, 4.69) is 41.2 Å². The number of phenolic OH excluding ortho intramolecular Hbond substituents is 2. The minimum Gasteiger partial charge on any atom is -0.535 e. The molecule has 0 unspecified atom stereocenters. The maximum atomic E-state index is 14.2. The highest BCUT2D eigenvalue weighted by Gasteiger charge is 2.21. The Morgan fingerprint density at radius 3 is 1.81 bits per heavy atom. The summed E-state index contributed by atoms with van der Waals surface area (Å²) in [5.74, 6) is -4.59. The SMILES string of the molecule is Brc1cc(OCC2CNC2)c2cncn2c1.C.O[B]Oc1ccc(O)c(F)c1F.Oc1ccc(-c2cc(OCC3CNC3)c3cncn3c2)c(F)c1F. The van der Waals surface area contributed by atoms with Gasteiger partial charge in [0.15, 0.2) is 17.3 Å². The van der Waals surface area contributed by atoms with Crippen molar-refractivity contribution >= 4 is 34.6 Å². The Kier molecular flexibility index (Phi) is 13.1. The Morgan fingerprint density at radius 2 is 1.26 bits per heavy atom. The van der Waals surface area contributed by atoms with Crippen LogP contribution < -0.4 is 24.8 Å². The number of aromatic hydroxyl groups is 2.